The molecule has 3 heterocycles. The Balaban J connectivity index is 1.50. The van der Waals surface area contributed by atoms with Gasteiger partial charge in [-0.15, -0.1) is 0 Å². The van der Waals surface area contributed by atoms with Gasteiger partial charge in [-0.05, 0) is 53.6 Å². The lowest BCUT2D eigenvalue weighted by Crippen LogP contribution is -2.39. The molecule has 38 heavy (non-hydrogen) atoms. The molecule has 1 aliphatic heterocycles. The topological polar surface area (TPSA) is 113 Å². The number of amides is 1. The number of benzene rings is 2. The highest BCUT2D eigenvalue weighted by Gasteiger charge is 2.25. The van der Waals surface area contributed by atoms with Gasteiger partial charge < -0.3 is 15.0 Å². The lowest BCUT2D eigenvalue weighted by atomic mass is 9.87. The van der Waals surface area contributed by atoms with E-state index in [1.54, 1.807) is 24.3 Å². The molecule has 4 aromatic rings. The number of hydrogen-bond donors (Lipinski definition) is 3. The molecule has 198 valence electrons. The molecule has 0 atom stereocenters. The predicted molar refractivity (Wildman–Crippen MR) is 149 cm³/mol. The van der Waals surface area contributed by atoms with Crippen LogP contribution in [0.2, 0.25) is 0 Å². The number of sulfonamides is 1. The Morgan fingerprint density at radius 3 is 2.32 bits per heavy atom. The van der Waals surface area contributed by atoms with E-state index in [1.165, 1.54) is 0 Å². The van der Waals surface area contributed by atoms with Crippen molar-refractivity contribution in [1.29, 1.82) is 0 Å². The van der Waals surface area contributed by atoms with E-state index in [0.717, 1.165) is 24.0 Å². The Labute approximate surface area is 222 Å². The number of carbonyl (C=O) groups excluding carboxylic acids is 1. The SMILES string of the molecule is CC(C)(C)c1ccc(S(=O)(=O)Nc2ccc3[nH]c(C(=O)NC4CCOCC4)c(-c4ccccc4)c3n2)cc1. The molecule has 9 heteroatoms. The van der Waals surface area contributed by atoms with Crippen molar-refractivity contribution in [2.45, 2.75) is 50.0 Å². The number of anilines is 1. The molecule has 0 unspecified atom stereocenters. The summed E-state index contributed by atoms with van der Waals surface area (Å²) in [5.74, 6) is -0.0558. The lowest BCUT2D eigenvalue weighted by molar-refractivity contribution is 0.0695. The number of rotatable bonds is 6. The Morgan fingerprint density at radius 2 is 1.66 bits per heavy atom. The van der Waals surface area contributed by atoms with Gasteiger partial charge in [-0.25, -0.2) is 13.4 Å². The summed E-state index contributed by atoms with van der Waals surface area (Å²) in [7, 11) is -3.86. The van der Waals surface area contributed by atoms with Crippen LogP contribution in [0.15, 0.2) is 71.6 Å². The number of aromatic amines is 1. The number of hydrogen-bond acceptors (Lipinski definition) is 5. The molecule has 2 aromatic carbocycles. The van der Waals surface area contributed by atoms with E-state index >= 15 is 0 Å². The Kier molecular flexibility index (Phi) is 6.98. The van der Waals surface area contributed by atoms with Crippen molar-refractivity contribution < 1.29 is 17.9 Å². The standard InChI is InChI=1S/C29H32N4O4S/c1-29(2,3)20-9-11-22(12-10-20)38(35,36)33-24-14-13-23-26(32-24)25(19-7-5-4-6-8-19)27(31-23)28(34)30-21-15-17-37-18-16-21/h4-14,21,31H,15-18H2,1-3H3,(H,30,34)(H,32,33). The van der Waals surface area contributed by atoms with Crippen molar-refractivity contribution in [3.63, 3.8) is 0 Å². The van der Waals surface area contributed by atoms with E-state index in [0.29, 0.717) is 35.5 Å². The Morgan fingerprint density at radius 1 is 0.974 bits per heavy atom. The van der Waals surface area contributed by atoms with E-state index in [4.69, 9.17) is 4.74 Å². The first-order chi connectivity index (χ1) is 18.1. The van der Waals surface area contributed by atoms with Crippen molar-refractivity contribution in [2.24, 2.45) is 0 Å². The van der Waals surface area contributed by atoms with Crippen LogP contribution in [0, 0.1) is 0 Å². The zero-order valence-electron chi connectivity index (χ0n) is 21.7. The van der Waals surface area contributed by atoms with Crippen LogP contribution in [0.5, 0.6) is 0 Å². The summed E-state index contributed by atoms with van der Waals surface area (Å²) in [5.41, 5.74) is 3.93. The summed E-state index contributed by atoms with van der Waals surface area (Å²) in [6.07, 6.45) is 1.51. The van der Waals surface area contributed by atoms with Gasteiger partial charge in [0.2, 0.25) is 0 Å². The summed E-state index contributed by atoms with van der Waals surface area (Å²) in [6.45, 7) is 7.47. The van der Waals surface area contributed by atoms with Crippen LogP contribution >= 0.6 is 0 Å². The fraction of sp³-hybridized carbons (Fsp3) is 0.310. The van der Waals surface area contributed by atoms with Crippen molar-refractivity contribution >= 4 is 32.8 Å². The minimum absolute atomic E-state index is 0.0336. The maximum absolute atomic E-state index is 13.4. The number of aromatic nitrogens is 2. The van der Waals surface area contributed by atoms with Crippen LogP contribution in [0.4, 0.5) is 5.82 Å². The predicted octanol–water partition coefficient (Wildman–Crippen LogP) is 5.24. The normalized spacial score (nSPS) is 14.9. The molecule has 0 spiro atoms. The fourth-order valence-corrected chi connectivity index (χ4v) is 5.61. The van der Waals surface area contributed by atoms with Crippen LogP contribution in [-0.2, 0) is 20.2 Å². The monoisotopic (exact) mass is 532 g/mol. The molecular formula is C29H32N4O4S. The quantitative estimate of drug-likeness (QED) is 0.314. The van der Waals surface area contributed by atoms with Crippen LogP contribution < -0.4 is 10.0 Å². The number of pyridine rings is 1. The zero-order chi connectivity index (χ0) is 26.9. The van der Waals surface area contributed by atoms with Crippen LogP contribution in [-0.4, -0.2) is 43.5 Å². The first kappa shape index (κ1) is 25.9. The van der Waals surface area contributed by atoms with Gasteiger partial charge in [0.25, 0.3) is 15.9 Å². The van der Waals surface area contributed by atoms with Gasteiger partial charge in [-0.3, -0.25) is 9.52 Å². The second kappa shape index (κ2) is 10.2. The van der Waals surface area contributed by atoms with E-state index in [-0.39, 0.29) is 28.1 Å². The first-order valence-electron chi connectivity index (χ1n) is 12.7. The summed E-state index contributed by atoms with van der Waals surface area (Å²) < 4.78 is 34.3. The molecule has 0 aliphatic carbocycles. The highest BCUT2D eigenvalue weighted by molar-refractivity contribution is 7.92. The molecular weight excluding hydrogens is 500 g/mol. The van der Waals surface area contributed by atoms with Gasteiger partial charge in [0.1, 0.15) is 11.5 Å². The number of nitrogens with one attached hydrogen (secondary N) is 3. The molecule has 1 aliphatic rings. The van der Waals surface area contributed by atoms with E-state index in [2.05, 4.69) is 40.8 Å². The van der Waals surface area contributed by atoms with Gasteiger partial charge in [-0.1, -0.05) is 63.2 Å². The largest absolute Gasteiger partial charge is 0.381 e. The number of nitrogens with zero attached hydrogens (tertiary/aromatic N) is 1. The van der Waals surface area contributed by atoms with Crippen molar-refractivity contribution in [3.8, 4) is 11.1 Å². The lowest BCUT2D eigenvalue weighted by Gasteiger charge is -2.23. The third-order valence-corrected chi connectivity index (χ3v) is 8.13. The maximum Gasteiger partial charge on any atom is 0.268 e. The molecule has 0 radical (unpaired) electrons. The van der Waals surface area contributed by atoms with Gasteiger partial charge in [-0.2, -0.15) is 0 Å². The van der Waals surface area contributed by atoms with Gasteiger partial charge in [0, 0.05) is 24.8 Å². The van der Waals surface area contributed by atoms with E-state index in [1.807, 2.05) is 42.5 Å². The third-order valence-electron chi connectivity index (χ3n) is 6.76. The van der Waals surface area contributed by atoms with Crippen molar-refractivity contribution in [3.05, 3.63) is 78.0 Å². The van der Waals surface area contributed by atoms with Crippen molar-refractivity contribution in [1.82, 2.24) is 15.3 Å². The summed E-state index contributed by atoms with van der Waals surface area (Å²) in [6, 6.07) is 19.7. The van der Waals surface area contributed by atoms with Gasteiger partial charge in [0.15, 0.2) is 0 Å². The maximum atomic E-state index is 13.4. The highest BCUT2D eigenvalue weighted by Crippen LogP contribution is 2.33. The second-order valence-corrected chi connectivity index (χ2v) is 12.3. The first-order valence-corrected chi connectivity index (χ1v) is 14.2. The highest BCUT2D eigenvalue weighted by atomic mass is 32.2. The number of ether oxygens (including phenoxy) is 1. The molecule has 1 saturated heterocycles. The van der Waals surface area contributed by atoms with E-state index < -0.39 is 10.0 Å². The van der Waals surface area contributed by atoms with Crippen molar-refractivity contribution in [2.75, 3.05) is 17.9 Å². The number of fused-ring (bicyclic) bond motifs is 1. The van der Waals surface area contributed by atoms with Crippen LogP contribution in [0.3, 0.4) is 0 Å². The average molecular weight is 533 g/mol. The molecule has 0 bridgehead atoms. The molecule has 2 aromatic heterocycles. The molecule has 5 rings (SSSR count). The Bertz CT molecular complexity index is 1550. The second-order valence-electron chi connectivity index (χ2n) is 10.6. The number of H-pyrrole nitrogens is 1. The van der Waals surface area contributed by atoms with E-state index in [9.17, 15) is 13.2 Å². The van der Waals surface area contributed by atoms with Gasteiger partial charge in [0.05, 0.1) is 15.9 Å². The molecule has 3 N–H and O–H groups in total. The summed E-state index contributed by atoms with van der Waals surface area (Å²) >= 11 is 0. The minimum atomic E-state index is -3.86. The zero-order valence-corrected chi connectivity index (χ0v) is 22.6. The molecule has 8 nitrogen and oxygen atoms in total. The Hall–Kier alpha value is -3.69. The fourth-order valence-electron chi connectivity index (χ4n) is 4.61. The molecule has 0 saturated carbocycles. The third kappa shape index (κ3) is 5.44. The van der Waals surface area contributed by atoms with Gasteiger partial charge >= 0.3 is 0 Å². The smallest absolute Gasteiger partial charge is 0.268 e. The number of carbonyl (C=O) groups is 1. The summed E-state index contributed by atoms with van der Waals surface area (Å²) in [4.78, 5) is 21.4. The minimum Gasteiger partial charge on any atom is -0.381 e. The molecule has 1 amide bonds. The van der Waals surface area contributed by atoms with Crippen LogP contribution in [0.25, 0.3) is 22.2 Å². The average Bonchev–Trinajstić information content (AvgIpc) is 3.28. The summed E-state index contributed by atoms with van der Waals surface area (Å²) in [5, 5.41) is 3.11. The molecule has 1 fully saturated rings. The van der Waals surface area contributed by atoms with Crippen LogP contribution in [0.1, 0.15) is 49.7 Å².